The van der Waals surface area contributed by atoms with Crippen molar-refractivity contribution in [2.45, 2.75) is 63.7 Å². The number of hydrogen-bond donors (Lipinski definition) is 1. The SMILES string of the molecule is CCCCC(CC)COc1ccc(OCC(=O)Nc2ccc(S(=O)(=O)N3CCCCC3)cc2)cc1. The van der Waals surface area contributed by atoms with Crippen LogP contribution < -0.4 is 14.8 Å². The number of ether oxygens (including phenoxy) is 2. The Morgan fingerprint density at radius 1 is 0.943 bits per heavy atom. The molecule has 0 spiro atoms. The van der Waals surface area contributed by atoms with Gasteiger partial charge >= 0.3 is 0 Å². The summed E-state index contributed by atoms with van der Waals surface area (Å²) < 4.78 is 38.5. The minimum atomic E-state index is -3.49. The zero-order valence-electron chi connectivity index (χ0n) is 20.9. The summed E-state index contributed by atoms with van der Waals surface area (Å²) in [7, 11) is -3.49. The van der Waals surface area contributed by atoms with Crippen LogP contribution >= 0.6 is 0 Å². The maximum absolute atomic E-state index is 12.7. The topological polar surface area (TPSA) is 84.9 Å². The number of hydrogen-bond acceptors (Lipinski definition) is 5. The summed E-state index contributed by atoms with van der Waals surface area (Å²) in [6, 6.07) is 13.5. The van der Waals surface area contributed by atoms with Gasteiger partial charge in [-0.1, -0.05) is 39.5 Å². The van der Waals surface area contributed by atoms with Crippen LogP contribution in [0.4, 0.5) is 5.69 Å². The summed E-state index contributed by atoms with van der Waals surface area (Å²) in [4.78, 5) is 12.5. The summed E-state index contributed by atoms with van der Waals surface area (Å²) in [6.45, 7) is 6.07. The normalized spacial score (nSPS) is 15.4. The number of benzene rings is 2. The first kappa shape index (κ1) is 27.0. The molecule has 192 valence electrons. The maximum atomic E-state index is 12.7. The van der Waals surface area contributed by atoms with Crippen molar-refractivity contribution in [3.63, 3.8) is 0 Å². The van der Waals surface area contributed by atoms with E-state index in [-0.39, 0.29) is 17.4 Å². The molecule has 1 amide bonds. The highest BCUT2D eigenvalue weighted by Crippen LogP contribution is 2.23. The molecule has 3 rings (SSSR count). The van der Waals surface area contributed by atoms with Gasteiger partial charge in [-0.3, -0.25) is 4.79 Å². The number of carbonyl (C=O) groups is 1. The molecule has 1 unspecified atom stereocenters. The predicted octanol–water partition coefficient (Wildman–Crippen LogP) is 5.47. The van der Waals surface area contributed by atoms with Crippen molar-refractivity contribution in [1.29, 1.82) is 0 Å². The number of amides is 1. The Balaban J connectivity index is 1.44. The molecule has 0 aliphatic carbocycles. The van der Waals surface area contributed by atoms with Gasteiger partial charge in [-0.15, -0.1) is 0 Å². The highest BCUT2D eigenvalue weighted by molar-refractivity contribution is 7.89. The van der Waals surface area contributed by atoms with Crippen LogP contribution in [0.1, 0.15) is 58.8 Å². The van der Waals surface area contributed by atoms with E-state index in [9.17, 15) is 13.2 Å². The molecular weight excluding hydrogens is 464 g/mol. The number of carbonyl (C=O) groups excluding carboxylic acids is 1. The third-order valence-corrected chi connectivity index (χ3v) is 8.23. The third-order valence-electron chi connectivity index (χ3n) is 6.31. The maximum Gasteiger partial charge on any atom is 0.262 e. The van der Waals surface area contributed by atoms with Crippen molar-refractivity contribution >= 4 is 21.6 Å². The molecule has 0 aromatic heterocycles. The van der Waals surface area contributed by atoms with Gasteiger partial charge in [0.15, 0.2) is 6.61 Å². The number of unbranched alkanes of at least 4 members (excludes halogenated alkanes) is 1. The fourth-order valence-corrected chi connectivity index (χ4v) is 5.57. The summed E-state index contributed by atoms with van der Waals surface area (Å²) >= 11 is 0. The van der Waals surface area contributed by atoms with E-state index in [1.165, 1.54) is 35.7 Å². The van der Waals surface area contributed by atoms with Gasteiger partial charge < -0.3 is 14.8 Å². The Hall–Kier alpha value is -2.58. The Kier molecular flexibility index (Phi) is 10.4. The van der Waals surface area contributed by atoms with Crippen LogP contribution in [0.3, 0.4) is 0 Å². The van der Waals surface area contributed by atoms with E-state index in [0.29, 0.717) is 37.1 Å². The Morgan fingerprint density at radius 3 is 2.17 bits per heavy atom. The summed E-state index contributed by atoms with van der Waals surface area (Å²) in [6.07, 6.45) is 7.55. The van der Waals surface area contributed by atoms with Gasteiger partial charge in [-0.25, -0.2) is 8.42 Å². The van der Waals surface area contributed by atoms with E-state index in [1.54, 1.807) is 24.3 Å². The quantitative estimate of drug-likeness (QED) is 0.392. The first-order valence-electron chi connectivity index (χ1n) is 12.7. The van der Waals surface area contributed by atoms with Gasteiger partial charge in [0.05, 0.1) is 11.5 Å². The highest BCUT2D eigenvalue weighted by Gasteiger charge is 2.25. The van der Waals surface area contributed by atoms with Gasteiger partial charge in [0.2, 0.25) is 10.0 Å². The number of piperidine rings is 1. The van der Waals surface area contributed by atoms with Crippen molar-refractivity contribution in [2.24, 2.45) is 5.92 Å². The average molecular weight is 503 g/mol. The zero-order chi connectivity index (χ0) is 25.1. The van der Waals surface area contributed by atoms with Gasteiger partial charge in [-0.2, -0.15) is 4.31 Å². The molecule has 2 aromatic carbocycles. The minimum Gasteiger partial charge on any atom is -0.493 e. The van der Waals surface area contributed by atoms with E-state index in [2.05, 4.69) is 19.2 Å². The molecule has 1 aliphatic heterocycles. The molecule has 1 saturated heterocycles. The van der Waals surface area contributed by atoms with Crippen LogP contribution in [-0.4, -0.2) is 44.9 Å². The standard InChI is InChI=1S/C27H38N2O5S/c1-3-5-9-22(4-2)20-33-24-12-14-25(15-13-24)34-21-27(30)28-23-10-16-26(17-11-23)35(31,32)29-18-7-6-8-19-29/h10-17,22H,3-9,18-21H2,1-2H3,(H,28,30). The molecule has 35 heavy (non-hydrogen) atoms. The van der Waals surface area contributed by atoms with E-state index < -0.39 is 10.0 Å². The Bertz CT molecular complexity index is 1020. The van der Waals surface area contributed by atoms with Crippen LogP contribution in [0.15, 0.2) is 53.4 Å². The molecule has 0 saturated carbocycles. The second-order valence-electron chi connectivity index (χ2n) is 9.02. The molecule has 7 nitrogen and oxygen atoms in total. The lowest BCUT2D eigenvalue weighted by Gasteiger charge is -2.25. The number of rotatable bonds is 13. The van der Waals surface area contributed by atoms with E-state index in [1.807, 2.05) is 12.1 Å². The van der Waals surface area contributed by atoms with Crippen LogP contribution in [0.5, 0.6) is 11.5 Å². The fraction of sp³-hybridized carbons (Fsp3) is 0.519. The number of anilines is 1. The molecule has 0 radical (unpaired) electrons. The van der Waals surface area contributed by atoms with Crippen LogP contribution in [0, 0.1) is 5.92 Å². The van der Waals surface area contributed by atoms with Crippen LogP contribution in [0.2, 0.25) is 0 Å². The molecule has 1 aliphatic rings. The van der Waals surface area contributed by atoms with Crippen molar-refractivity contribution in [2.75, 3.05) is 31.6 Å². The molecule has 0 bridgehead atoms. The number of sulfonamides is 1. The Labute approximate surface area is 209 Å². The first-order valence-corrected chi connectivity index (χ1v) is 14.1. The molecule has 1 N–H and O–H groups in total. The second-order valence-corrected chi connectivity index (χ2v) is 11.0. The lowest BCUT2D eigenvalue weighted by Crippen LogP contribution is -2.35. The van der Waals surface area contributed by atoms with Crippen molar-refractivity contribution in [3.8, 4) is 11.5 Å². The monoisotopic (exact) mass is 502 g/mol. The largest absolute Gasteiger partial charge is 0.493 e. The second kappa shape index (κ2) is 13.5. The molecule has 1 fully saturated rings. The smallest absolute Gasteiger partial charge is 0.262 e. The molecule has 1 heterocycles. The molecule has 8 heteroatoms. The number of nitrogens with zero attached hydrogens (tertiary/aromatic N) is 1. The lowest BCUT2D eigenvalue weighted by atomic mass is 10.0. The van der Waals surface area contributed by atoms with E-state index >= 15 is 0 Å². The summed E-state index contributed by atoms with van der Waals surface area (Å²) in [5.41, 5.74) is 0.522. The fourth-order valence-electron chi connectivity index (χ4n) is 4.05. The zero-order valence-corrected chi connectivity index (χ0v) is 21.7. The van der Waals surface area contributed by atoms with Gasteiger partial charge in [-0.05, 0) is 73.7 Å². The van der Waals surface area contributed by atoms with E-state index in [4.69, 9.17) is 9.47 Å². The van der Waals surface area contributed by atoms with Gasteiger partial charge in [0.25, 0.3) is 5.91 Å². The number of nitrogens with one attached hydrogen (secondary N) is 1. The summed E-state index contributed by atoms with van der Waals surface area (Å²) in [5.74, 6) is 1.61. The molecular formula is C27H38N2O5S. The van der Waals surface area contributed by atoms with Gasteiger partial charge in [0, 0.05) is 18.8 Å². The van der Waals surface area contributed by atoms with Crippen LogP contribution in [-0.2, 0) is 14.8 Å². The highest BCUT2D eigenvalue weighted by atomic mass is 32.2. The predicted molar refractivity (Wildman–Crippen MR) is 138 cm³/mol. The molecule has 1 atom stereocenters. The first-order chi connectivity index (χ1) is 16.9. The average Bonchev–Trinajstić information content (AvgIpc) is 2.89. The molecule has 2 aromatic rings. The third kappa shape index (κ3) is 8.25. The summed E-state index contributed by atoms with van der Waals surface area (Å²) in [5, 5.41) is 2.74. The van der Waals surface area contributed by atoms with Gasteiger partial charge in [0.1, 0.15) is 11.5 Å². The lowest BCUT2D eigenvalue weighted by molar-refractivity contribution is -0.118. The van der Waals surface area contributed by atoms with Crippen molar-refractivity contribution in [1.82, 2.24) is 4.31 Å². The van der Waals surface area contributed by atoms with Crippen molar-refractivity contribution in [3.05, 3.63) is 48.5 Å². The van der Waals surface area contributed by atoms with Crippen molar-refractivity contribution < 1.29 is 22.7 Å². The minimum absolute atomic E-state index is 0.150. The van der Waals surface area contributed by atoms with E-state index in [0.717, 1.165) is 31.4 Å². The Morgan fingerprint density at radius 2 is 1.57 bits per heavy atom. The van der Waals surface area contributed by atoms with Crippen LogP contribution in [0.25, 0.3) is 0 Å².